The second kappa shape index (κ2) is 11.4. The van der Waals surface area contributed by atoms with Gasteiger partial charge in [0.25, 0.3) is 5.56 Å². The molecule has 1 N–H and O–H groups in total. The van der Waals surface area contributed by atoms with Crippen LogP contribution in [0, 0.1) is 0 Å². The average molecular weight is 536 g/mol. The Kier molecular flexibility index (Phi) is 8.76. The van der Waals surface area contributed by atoms with Crippen LogP contribution in [0.3, 0.4) is 0 Å². The third kappa shape index (κ3) is 7.63. The molecule has 1 aliphatic heterocycles. The Balaban J connectivity index is 1.44. The van der Waals surface area contributed by atoms with Crippen molar-refractivity contribution in [3.63, 3.8) is 0 Å². The lowest BCUT2D eigenvalue weighted by Gasteiger charge is -2.32. The van der Waals surface area contributed by atoms with Crippen molar-refractivity contribution in [1.29, 1.82) is 0 Å². The number of hydrogen-bond donors (Lipinski definition) is 1. The zero-order valence-electron chi connectivity index (χ0n) is 20.1. The van der Waals surface area contributed by atoms with Crippen molar-refractivity contribution in [2.24, 2.45) is 0 Å². The first kappa shape index (κ1) is 28.3. The van der Waals surface area contributed by atoms with Gasteiger partial charge in [-0.05, 0) is 26.8 Å². The van der Waals surface area contributed by atoms with Crippen molar-refractivity contribution >= 4 is 5.91 Å². The van der Waals surface area contributed by atoms with Gasteiger partial charge in [-0.25, -0.2) is 15.1 Å². The highest BCUT2D eigenvalue weighted by Gasteiger charge is 2.38. The molecule has 0 aliphatic carbocycles. The number of likely N-dealkylation sites (tertiary alicyclic amines) is 1. The fraction of sp³-hybridized carbons (Fsp3) is 0.591. The van der Waals surface area contributed by atoms with E-state index >= 15 is 0 Å². The van der Waals surface area contributed by atoms with Crippen molar-refractivity contribution in [2.45, 2.75) is 50.6 Å². The number of piperidine rings is 1. The van der Waals surface area contributed by atoms with Gasteiger partial charge in [0.05, 0.1) is 11.8 Å². The van der Waals surface area contributed by atoms with E-state index in [0.29, 0.717) is 38.3 Å². The fourth-order valence-corrected chi connectivity index (χ4v) is 4.05. The van der Waals surface area contributed by atoms with Gasteiger partial charge in [-0.2, -0.15) is 31.4 Å². The number of amides is 1. The number of ether oxygens (including phenoxy) is 1. The lowest BCUT2D eigenvalue weighted by atomic mass is 9.95. The molecule has 0 saturated carbocycles. The summed E-state index contributed by atoms with van der Waals surface area (Å²) in [5, 5.41) is 5.10. The van der Waals surface area contributed by atoms with Crippen LogP contribution >= 0.6 is 0 Å². The Morgan fingerprint density at radius 2 is 1.76 bits per heavy atom. The number of carbonyl (C=O) groups excluding carboxylic acids is 1. The molecule has 0 bridgehead atoms. The second-order valence-electron chi connectivity index (χ2n) is 8.86. The summed E-state index contributed by atoms with van der Waals surface area (Å²) in [5.74, 6) is -0.620. The predicted octanol–water partition coefficient (Wildman–Crippen LogP) is 3.09. The number of hydrogen-bond acceptors (Lipinski definition) is 7. The Hall–Kier alpha value is -3.23. The molecule has 0 aromatic carbocycles. The number of rotatable bonds is 8. The molecule has 0 radical (unpaired) electrons. The summed E-state index contributed by atoms with van der Waals surface area (Å²) in [6.07, 6.45) is -6.63. The summed E-state index contributed by atoms with van der Waals surface area (Å²) in [6, 6.07) is 0. The van der Waals surface area contributed by atoms with Crippen LogP contribution in [0.4, 0.5) is 26.3 Å². The highest BCUT2D eigenvalue weighted by molar-refractivity contribution is 5.76. The van der Waals surface area contributed by atoms with E-state index in [0.717, 1.165) is 18.6 Å². The molecule has 0 spiro atoms. The standard InChI is InChI=1S/C22H26F6N6O3/c1-13(37-16-11-31-32-20(36)18(16)22(26,27)28)12-33(2)6-5-17(35)34-7-3-14(4-8-34)19-29-9-15(10-30-19)21(23,24)25/h9-11,13-14H,3-8,12H2,1-2H3,(H,32,36)/t13-/m0/s1. The van der Waals surface area contributed by atoms with E-state index in [1.807, 2.05) is 0 Å². The third-order valence-corrected chi connectivity index (χ3v) is 5.92. The van der Waals surface area contributed by atoms with E-state index < -0.39 is 40.9 Å². The molecule has 9 nitrogen and oxygen atoms in total. The number of likely N-dealkylation sites (N-methyl/N-ethyl adjacent to an activating group) is 1. The van der Waals surface area contributed by atoms with E-state index in [1.165, 1.54) is 6.92 Å². The minimum absolute atomic E-state index is 0.120. The van der Waals surface area contributed by atoms with E-state index in [2.05, 4.69) is 15.1 Å². The first-order valence-electron chi connectivity index (χ1n) is 11.4. The van der Waals surface area contributed by atoms with Gasteiger partial charge in [-0.1, -0.05) is 0 Å². The summed E-state index contributed by atoms with van der Waals surface area (Å²) >= 11 is 0. The summed E-state index contributed by atoms with van der Waals surface area (Å²) in [6.45, 7) is 2.85. The number of aromatic nitrogens is 4. The van der Waals surface area contributed by atoms with Crippen LogP contribution in [0.2, 0.25) is 0 Å². The molecule has 204 valence electrons. The van der Waals surface area contributed by atoms with E-state index in [-0.39, 0.29) is 24.8 Å². The minimum atomic E-state index is -4.91. The highest BCUT2D eigenvalue weighted by Crippen LogP contribution is 2.33. The SMILES string of the molecule is C[C@@H](CN(C)CCC(=O)N1CCC(c2ncc(C(F)(F)F)cn2)CC1)Oc1cn[nH]c(=O)c1C(F)(F)F. The van der Waals surface area contributed by atoms with Gasteiger partial charge in [0, 0.05) is 50.9 Å². The van der Waals surface area contributed by atoms with Gasteiger partial charge >= 0.3 is 12.4 Å². The van der Waals surface area contributed by atoms with Gasteiger partial charge in [-0.3, -0.25) is 9.59 Å². The monoisotopic (exact) mass is 536 g/mol. The molecule has 1 fully saturated rings. The largest absolute Gasteiger partial charge is 0.487 e. The lowest BCUT2D eigenvalue weighted by molar-refractivity contribution is -0.140. The molecule has 1 amide bonds. The molecule has 0 unspecified atom stereocenters. The molecular weight excluding hydrogens is 510 g/mol. The summed E-state index contributed by atoms with van der Waals surface area (Å²) in [5.41, 5.74) is -3.77. The first-order chi connectivity index (χ1) is 17.3. The third-order valence-electron chi connectivity index (χ3n) is 5.92. The van der Waals surface area contributed by atoms with E-state index in [9.17, 15) is 35.9 Å². The molecule has 2 aromatic heterocycles. The van der Waals surface area contributed by atoms with Gasteiger partial charge in [0.2, 0.25) is 5.91 Å². The Bertz CT molecular complexity index is 1110. The molecule has 1 aliphatic rings. The number of H-pyrrole nitrogens is 1. The maximum Gasteiger partial charge on any atom is 0.425 e. The van der Waals surface area contributed by atoms with E-state index in [1.54, 1.807) is 21.9 Å². The smallest absolute Gasteiger partial charge is 0.425 e. The molecule has 2 aromatic rings. The van der Waals surface area contributed by atoms with Gasteiger partial charge in [0.1, 0.15) is 11.9 Å². The summed E-state index contributed by atoms with van der Waals surface area (Å²) in [4.78, 5) is 35.2. The van der Waals surface area contributed by atoms with Gasteiger partial charge < -0.3 is 14.5 Å². The quantitative estimate of drug-likeness (QED) is 0.517. The number of carbonyl (C=O) groups is 1. The number of alkyl halides is 6. The minimum Gasteiger partial charge on any atom is -0.487 e. The van der Waals surface area contributed by atoms with Crippen LogP contribution < -0.4 is 10.3 Å². The number of nitrogens with one attached hydrogen (secondary N) is 1. The predicted molar refractivity (Wildman–Crippen MR) is 118 cm³/mol. The van der Waals surface area contributed by atoms with Crippen molar-refractivity contribution in [3.8, 4) is 5.75 Å². The highest BCUT2D eigenvalue weighted by atomic mass is 19.4. The fourth-order valence-electron chi connectivity index (χ4n) is 4.05. The van der Waals surface area contributed by atoms with Gasteiger partial charge in [0.15, 0.2) is 11.3 Å². The van der Waals surface area contributed by atoms with Crippen molar-refractivity contribution in [1.82, 2.24) is 30.0 Å². The second-order valence-corrected chi connectivity index (χ2v) is 8.86. The first-order valence-corrected chi connectivity index (χ1v) is 11.4. The number of aromatic amines is 1. The van der Waals surface area contributed by atoms with E-state index in [4.69, 9.17) is 4.74 Å². The Morgan fingerprint density at radius 3 is 2.32 bits per heavy atom. The summed E-state index contributed by atoms with van der Waals surface area (Å²) in [7, 11) is 1.68. The van der Waals surface area contributed by atoms with Gasteiger partial charge in [-0.15, -0.1) is 0 Å². The molecule has 37 heavy (non-hydrogen) atoms. The maximum absolute atomic E-state index is 13.2. The number of halogens is 6. The molecular formula is C22H26F6N6O3. The zero-order chi connectivity index (χ0) is 27.4. The normalized spacial score (nSPS) is 16.2. The van der Waals surface area contributed by atoms with Crippen LogP contribution in [-0.2, 0) is 17.1 Å². The summed E-state index contributed by atoms with van der Waals surface area (Å²) < 4.78 is 82.8. The van der Waals surface area contributed by atoms with Crippen LogP contribution in [0.5, 0.6) is 5.75 Å². The molecule has 1 saturated heterocycles. The van der Waals surface area contributed by atoms with Crippen molar-refractivity contribution < 1.29 is 35.9 Å². The average Bonchev–Trinajstić information content (AvgIpc) is 2.81. The molecule has 15 heteroatoms. The Labute approximate surface area is 207 Å². The number of nitrogens with zero attached hydrogens (tertiary/aromatic N) is 5. The van der Waals surface area contributed by atoms with Crippen molar-refractivity contribution in [3.05, 3.63) is 45.9 Å². The molecule has 3 heterocycles. The maximum atomic E-state index is 13.2. The van der Waals surface area contributed by atoms with Crippen molar-refractivity contribution in [2.75, 3.05) is 33.2 Å². The Morgan fingerprint density at radius 1 is 1.14 bits per heavy atom. The van der Waals surface area contributed by atoms with Crippen LogP contribution in [0.15, 0.2) is 23.4 Å². The lowest BCUT2D eigenvalue weighted by Crippen LogP contribution is -2.40. The zero-order valence-corrected chi connectivity index (χ0v) is 20.1. The topological polar surface area (TPSA) is 104 Å². The van der Waals surface area contributed by atoms with Crippen LogP contribution in [0.25, 0.3) is 0 Å². The molecule has 1 atom stereocenters. The molecule has 3 rings (SSSR count). The van der Waals surface area contributed by atoms with Crippen LogP contribution in [0.1, 0.15) is 49.1 Å². The van der Waals surface area contributed by atoms with Crippen LogP contribution in [-0.4, -0.2) is 75.2 Å².